The van der Waals surface area contributed by atoms with Gasteiger partial charge in [-0.15, -0.1) is 0 Å². The molecule has 0 aromatic heterocycles. The molecule has 0 saturated heterocycles. The standard InChI is InChI=1S/C17H34O4SSi/c1-5-17(18)22-15-13-11-9-7-6-8-10-12-14-16-23(19-2,20-3)21-4/h5H,1,6-16H2,2-4H3. The Balaban J connectivity index is 3.34. The van der Waals surface area contributed by atoms with E-state index in [0.29, 0.717) is 0 Å². The first-order valence-corrected chi connectivity index (χ1v) is 11.5. The molecule has 23 heavy (non-hydrogen) atoms. The first-order valence-electron chi connectivity index (χ1n) is 8.58. The second kappa shape index (κ2) is 15.4. The molecule has 0 saturated carbocycles. The molecule has 0 aliphatic heterocycles. The number of unbranched alkanes of at least 4 members (excludes halogenated alkanes) is 8. The Kier molecular flexibility index (Phi) is 15.3. The lowest BCUT2D eigenvalue weighted by molar-refractivity contribution is -0.107. The van der Waals surface area contributed by atoms with Crippen LogP contribution in [0.5, 0.6) is 0 Å². The molecular weight excluding hydrogens is 328 g/mol. The second-order valence-electron chi connectivity index (χ2n) is 5.60. The van der Waals surface area contributed by atoms with E-state index in [0.717, 1.165) is 24.6 Å². The van der Waals surface area contributed by atoms with E-state index in [1.54, 1.807) is 21.3 Å². The first kappa shape index (κ1) is 22.9. The summed E-state index contributed by atoms with van der Waals surface area (Å²) >= 11 is 1.38. The van der Waals surface area contributed by atoms with Crippen molar-refractivity contribution in [1.29, 1.82) is 0 Å². The normalized spacial score (nSPS) is 11.6. The molecule has 0 amide bonds. The Bertz CT molecular complexity index is 301. The molecule has 0 heterocycles. The minimum atomic E-state index is -2.35. The quantitative estimate of drug-likeness (QED) is 0.224. The lowest BCUT2D eigenvalue weighted by Crippen LogP contribution is -2.42. The van der Waals surface area contributed by atoms with Crippen LogP contribution in [0.3, 0.4) is 0 Å². The molecule has 0 N–H and O–H groups in total. The van der Waals surface area contributed by atoms with Crippen LogP contribution in [0, 0.1) is 0 Å². The van der Waals surface area contributed by atoms with Crippen LogP contribution in [0.4, 0.5) is 0 Å². The van der Waals surface area contributed by atoms with E-state index in [2.05, 4.69) is 6.58 Å². The highest BCUT2D eigenvalue weighted by molar-refractivity contribution is 8.14. The van der Waals surface area contributed by atoms with Crippen LogP contribution in [-0.2, 0) is 18.1 Å². The van der Waals surface area contributed by atoms with Gasteiger partial charge >= 0.3 is 8.80 Å². The molecule has 0 spiro atoms. The van der Waals surface area contributed by atoms with Gasteiger partial charge in [0.15, 0.2) is 0 Å². The van der Waals surface area contributed by atoms with Gasteiger partial charge in [0.25, 0.3) is 0 Å². The topological polar surface area (TPSA) is 44.8 Å². The fraction of sp³-hybridized carbons (Fsp3) is 0.824. The fourth-order valence-electron chi connectivity index (χ4n) is 2.47. The van der Waals surface area contributed by atoms with Crippen molar-refractivity contribution in [3.8, 4) is 0 Å². The third-order valence-electron chi connectivity index (χ3n) is 3.97. The zero-order valence-corrected chi connectivity index (χ0v) is 16.9. The van der Waals surface area contributed by atoms with Crippen LogP contribution in [0.1, 0.15) is 57.8 Å². The minimum absolute atomic E-state index is 0.0903. The fourth-order valence-corrected chi connectivity index (χ4v) is 4.93. The smallest absolute Gasteiger partial charge is 0.377 e. The second-order valence-corrected chi connectivity index (χ2v) is 9.79. The minimum Gasteiger partial charge on any atom is -0.377 e. The lowest BCUT2D eigenvalue weighted by atomic mass is 10.1. The molecule has 0 atom stereocenters. The monoisotopic (exact) mass is 362 g/mol. The number of hydrogen-bond acceptors (Lipinski definition) is 5. The molecule has 4 nitrogen and oxygen atoms in total. The Labute approximate surface area is 147 Å². The van der Waals surface area contributed by atoms with Crippen LogP contribution in [0.15, 0.2) is 12.7 Å². The summed E-state index contributed by atoms with van der Waals surface area (Å²) in [4.78, 5) is 11.0. The van der Waals surface area contributed by atoms with E-state index in [9.17, 15) is 4.79 Å². The Morgan fingerprint density at radius 1 is 0.870 bits per heavy atom. The summed E-state index contributed by atoms with van der Waals surface area (Å²) < 4.78 is 16.2. The van der Waals surface area contributed by atoms with Crippen molar-refractivity contribution < 1.29 is 18.1 Å². The van der Waals surface area contributed by atoms with Gasteiger partial charge in [0.05, 0.1) is 0 Å². The molecule has 6 heteroatoms. The molecule has 0 aromatic rings. The van der Waals surface area contributed by atoms with Crippen molar-refractivity contribution in [2.45, 2.75) is 63.8 Å². The maximum absolute atomic E-state index is 11.0. The Morgan fingerprint density at radius 2 is 1.30 bits per heavy atom. The number of rotatable bonds is 16. The van der Waals surface area contributed by atoms with Gasteiger partial charge in [0, 0.05) is 33.1 Å². The van der Waals surface area contributed by atoms with E-state index in [4.69, 9.17) is 13.3 Å². The molecule has 136 valence electrons. The maximum Gasteiger partial charge on any atom is 0.500 e. The molecule has 0 radical (unpaired) electrons. The highest BCUT2D eigenvalue weighted by atomic mass is 32.2. The maximum atomic E-state index is 11.0. The predicted molar refractivity (Wildman–Crippen MR) is 101 cm³/mol. The van der Waals surface area contributed by atoms with Crippen LogP contribution in [0.25, 0.3) is 0 Å². The van der Waals surface area contributed by atoms with Crippen molar-refractivity contribution >= 4 is 25.7 Å². The van der Waals surface area contributed by atoms with Gasteiger partial charge in [0.1, 0.15) is 0 Å². The molecule has 0 fully saturated rings. The average molecular weight is 363 g/mol. The predicted octanol–water partition coefficient (Wildman–Crippen LogP) is 4.82. The van der Waals surface area contributed by atoms with Crippen molar-refractivity contribution in [2.75, 3.05) is 27.1 Å². The largest absolute Gasteiger partial charge is 0.500 e. The van der Waals surface area contributed by atoms with E-state index in [1.807, 2.05) is 0 Å². The summed E-state index contributed by atoms with van der Waals surface area (Å²) in [5.74, 6) is 0.926. The van der Waals surface area contributed by atoms with Gasteiger partial charge in [0.2, 0.25) is 5.12 Å². The van der Waals surface area contributed by atoms with Crippen LogP contribution in [0.2, 0.25) is 6.04 Å². The van der Waals surface area contributed by atoms with E-state index < -0.39 is 8.80 Å². The van der Waals surface area contributed by atoms with Gasteiger partial charge in [-0.1, -0.05) is 63.3 Å². The lowest BCUT2D eigenvalue weighted by Gasteiger charge is -2.24. The zero-order valence-electron chi connectivity index (χ0n) is 15.1. The Morgan fingerprint density at radius 3 is 1.74 bits per heavy atom. The third kappa shape index (κ3) is 11.9. The number of thioether (sulfide) groups is 1. The first-order chi connectivity index (χ1) is 11.1. The van der Waals surface area contributed by atoms with Crippen molar-refractivity contribution in [3.05, 3.63) is 12.7 Å². The summed E-state index contributed by atoms with van der Waals surface area (Å²) in [6.45, 7) is 3.47. The molecule has 0 unspecified atom stereocenters. The molecule has 0 aliphatic carbocycles. The third-order valence-corrected chi connectivity index (χ3v) is 7.75. The van der Waals surface area contributed by atoms with Crippen molar-refractivity contribution in [3.63, 3.8) is 0 Å². The van der Waals surface area contributed by atoms with E-state index in [1.165, 1.54) is 62.8 Å². The summed E-state index contributed by atoms with van der Waals surface area (Å²) in [6, 6.07) is 0.900. The van der Waals surface area contributed by atoms with Gasteiger partial charge in [-0.05, 0) is 18.9 Å². The van der Waals surface area contributed by atoms with Crippen molar-refractivity contribution in [1.82, 2.24) is 0 Å². The zero-order chi connectivity index (χ0) is 17.4. The molecular formula is C17H34O4SSi. The molecule has 0 rings (SSSR count). The summed E-state index contributed by atoms with van der Waals surface area (Å²) in [5, 5.41) is 0.0903. The summed E-state index contributed by atoms with van der Waals surface area (Å²) in [7, 11) is 2.66. The van der Waals surface area contributed by atoms with Crippen LogP contribution < -0.4 is 0 Å². The van der Waals surface area contributed by atoms with Crippen LogP contribution in [-0.4, -0.2) is 41.0 Å². The van der Waals surface area contributed by atoms with E-state index in [-0.39, 0.29) is 5.12 Å². The number of carbonyl (C=O) groups is 1. The van der Waals surface area contributed by atoms with Crippen molar-refractivity contribution in [2.24, 2.45) is 0 Å². The highest BCUT2D eigenvalue weighted by Gasteiger charge is 2.36. The SMILES string of the molecule is C=CC(=O)SCCCCCCCCCCC[Si](OC)(OC)OC. The average Bonchev–Trinajstić information content (AvgIpc) is 2.59. The highest BCUT2D eigenvalue weighted by Crippen LogP contribution is 2.18. The van der Waals surface area contributed by atoms with Crippen LogP contribution >= 0.6 is 11.8 Å². The number of hydrogen-bond donors (Lipinski definition) is 0. The molecule has 0 bridgehead atoms. The van der Waals surface area contributed by atoms with Gasteiger partial charge < -0.3 is 13.3 Å². The van der Waals surface area contributed by atoms with Gasteiger partial charge in [-0.25, -0.2) is 0 Å². The molecule has 0 aliphatic rings. The Hall–Kier alpha value is -0.143. The number of carbonyl (C=O) groups excluding carboxylic acids is 1. The van der Waals surface area contributed by atoms with E-state index >= 15 is 0 Å². The summed E-state index contributed by atoms with van der Waals surface area (Å²) in [5.41, 5.74) is 0. The van der Waals surface area contributed by atoms with Gasteiger partial charge in [-0.3, -0.25) is 4.79 Å². The summed E-state index contributed by atoms with van der Waals surface area (Å²) in [6.07, 6.45) is 12.5. The molecule has 0 aromatic carbocycles. The van der Waals surface area contributed by atoms with Gasteiger partial charge in [-0.2, -0.15) is 0 Å².